The number of anilines is 1. The van der Waals surface area contributed by atoms with Gasteiger partial charge in [0.2, 0.25) is 0 Å². The maximum atomic E-state index is 12.3. The van der Waals surface area contributed by atoms with Gasteiger partial charge in [-0.2, -0.15) is 0 Å². The Bertz CT molecular complexity index is 278. The molecule has 0 amide bonds. The lowest BCUT2D eigenvalue weighted by Crippen LogP contribution is -2.00. The van der Waals surface area contributed by atoms with E-state index in [-0.39, 0.29) is 15.1 Å². The number of aryl methyl sites for hydroxylation is 1. The van der Waals surface area contributed by atoms with E-state index in [4.69, 9.17) is 5.73 Å². The minimum atomic E-state index is -2.48. The van der Waals surface area contributed by atoms with E-state index in [9.17, 15) is 8.78 Å². The summed E-state index contributed by atoms with van der Waals surface area (Å²) in [6, 6.07) is 1.45. The Kier molecular flexibility index (Phi) is 2.81. The van der Waals surface area contributed by atoms with Crippen molar-refractivity contribution >= 4 is 28.4 Å². The van der Waals surface area contributed by atoms with Gasteiger partial charge in [0.1, 0.15) is 9.52 Å². The minimum absolute atomic E-state index is 0.0233. The molecule has 0 bridgehead atoms. The molecule has 0 aliphatic heterocycles. The van der Waals surface area contributed by atoms with Gasteiger partial charge in [0.25, 0.3) is 6.43 Å². The normalized spacial score (nSPS) is 10.8. The fourth-order valence-electron chi connectivity index (χ4n) is 0.930. The summed E-state index contributed by atoms with van der Waals surface area (Å²) < 4.78 is 24.9. The molecule has 0 fully saturated rings. The third kappa shape index (κ3) is 1.82. The van der Waals surface area contributed by atoms with E-state index >= 15 is 0 Å². The van der Waals surface area contributed by atoms with E-state index in [1.807, 2.05) is 0 Å². The van der Waals surface area contributed by atoms with Crippen LogP contribution in [0.15, 0.2) is 6.07 Å². The van der Waals surface area contributed by atoms with Gasteiger partial charge in [-0.3, -0.25) is 0 Å². The molecule has 0 atom stereocenters. The molecule has 1 rings (SSSR count). The van der Waals surface area contributed by atoms with Crippen molar-refractivity contribution in [1.82, 2.24) is 4.98 Å². The van der Waals surface area contributed by atoms with Crippen molar-refractivity contribution in [2.24, 2.45) is 0 Å². The molecule has 0 saturated carbocycles. The summed E-state index contributed by atoms with van der Waals surface area (Å²) in [6.07, 6.45) is -2.48. The Morgan fingerprint density at radius 2 is 2.17 bits per heavy atom. The smallest absolute Gasteiger partial charge is 0.266 e. The summed E-state index contributed by atoms with van der Waals surface area (Å²) in [4.78, 5) is 3.74. The molecule has 0 spiro atoms. The number of hydrogen-bond donors (Lipinski definition) is 1. The lowest BCUT2D eigenvalue weighted by molar-refractivity contribution is 0.149. The highest BCUT2D eigenvalue weighted by molar-refractivity contribution is 14.1. The predicted octanol–water partition coefficient (Wildman–Crippen LogP) is 2.51. The van der Waals surface area contributed by atoms with Crippen molar-refractivity contribution in [1.29, 1.82) is 0 Å². The summed E-state index contributed by atoms with van der Waals surface area (Å²) in [5.41, 5.74) is 5.83. The molecule has 0 aliphatic rings. The predicted molar refractivity (Wildman–Crippen MR) is 51.1 cm³/mol. The number of hydrogen-bond acceptors (Lipinski definition) is 2. The monoisotopic (exact) mass is 284 g/mol. The quantitative estimate of drug-likeness (QED) is 0.635. The molecule has 1 aromatic heterocycles. The van der Waals surface area contributed by atoms with Crippen LogP contribution < -0.4 is 5.73 Å². The highest BCUT2D eigenvalue weighted by Crippen LogP contribution is 2.27. The van der Waals surface area contributed by atoms with Gasteiger partial charge in [0.05, 0.1) is 5.56 Å². The minimum Gasteiger partial charge on any atom is -0.384 e. The molecule has 0 saturated heterocycles. The van der Waals surface area contributed by atoms with Crippen molar-refractivity contribution in [3.05, 3.63) is 20.9 Å². The number of halogens is 3. The highest BCUT2D eigenvalue weighted by Gasteiger charge is 2.15. The van der Waals surface area contributed by atoms with E-state index in [0.29, 0.717) is 5.56 Å². The first kappa shape index (κ1) is 9.63. The molecular weight excluding hydrogens is 277 g/mol. The SMILES string of the molecule is Cc1cc(N)nc(I)c1C(F)F. The number of pyridine rings is 1. The molecule has 66 valence electrons. The van der Waals surface area contributed by atoms with Gasteiger partial charge in [-0.25, -0.2) is 13.8 Å². The van der Waals surface area contributed by atoms with E-state index in [1.54, 1.807) is 29.5 Å². The van der Waals surface area contributed by atoms with Crippen LogP contribution in [0.3, 0.4) is 0 Å². The molecule has 0 unspecified atom stereocenters. The Hall–Kier alpha value is -0.460. The molecule has 1 heterocycles. The zero-order valence-corrected chi connectivity index (χ0v) is 8.47. The number of rotatable bonds is 1. The van der Waals surface area contributed by atoms with Gasteiger partial charge >= 0.3 is 0 Å². The topological polar surface area (TPSA) is 38.9 Å². The maximum Gasteiger partial charge on any atom is 0.266 e. The molecule has 0 aromatic carbocycles. The van der Waals surface area contributed by atoms with Gasteiger partial charge in [0, 0.05) is 0 Å². The van der Waals surface area contributed by atoms with Crippen molar-refractivity contribution in [2.45, 2.75) is 13.3 Å². The molecule has 1 aromatic rings. The van der Waals surface area contributed by atoms with Gasteiger partial charge in [-0.15, -0.1) is 0 Å². The fraction of sp³-hybridized carbons (Fsp3) is 0.286. The number of nitrogen functional groups attached to an aromatic ring is 1. The highest BCUT2D eigenvalue weighted by atomic mass is 127. The summed E-state index contributed by atoms with van der Waals surface area (Å²) in [7, 11) is 0. The van der Waals surface area contributed by atoms with E-state index in [0.717, 1.165) is 0 Å². The Morgan fingerprint density at radius 3 is 2.58 bits per heavy atom. The maximum absolute atomic E-state index is 12.3. The van der Waals surface area contributed by atoms with Crippen LogP contribution in [0, 0.1) is 10.6 Å². The van der Waals surface area contributed by atoms with Crippen LogP contribution in [-0.2, 0) is 0 Å². The van der Waals surface area contributed by atoms with Crippen LogP contribution in [0.1, 0.15) is 17.6 Å². The third-order valence-corrected chi connectivity index (χ3v) is 2.28. The number of alkyl halides is 2. The van der Waals surface area contributed by atoms with E-state index in [2.05, 4.69) is 4.98 Å². The van der Waals surface area contributed by atoms with Crippen LogP contribution in [-0.4, -0.2) is 4.98 Å². The Labute approximate surface area is 82.3 Å². The van der Waals surface area contributed by atoms with Crippen LogP contribution in [0.5, 0.6) is 0 Å². The van der Waals surface area contributed by atoms with Gasteiger partial charge in [0.15, 0.2) is 0 Å². The summed E-state index contributed by atoms with van der Waals surface area (Å²) in [6.45, 7) is 1.60. The van der Waals surface area contributed by atoms with Gasteiger partial charge < -0.3 is 5.73 Å². The van der Waals surface area contributed by atoms with Gasteiger partial charge in [-0.05, 0) is 41.1 Å². The average Bonchev–Trinajstić information content (AvgIpc) is 1.82. The largest absolute Gasteiger partial charge is 0.384 e. The summed E-state index contributed by atoms with van der Waals surface area (Å²) in [5, 5.41) is 0. The second-order valence-corrected chi connectivity index (χ2v) is 3.39. The summed E-state index contributed by atoms with van der Waals surface area (Å²) >= 11 is 1.76. The number of aromatic nitrogens is 1. The van der Waals surface area contributed by atoms with Crippen LogP contribution in [0.25, 0.3) is 0 Å². The molecule has 5 heteroatoms. The molecule has 0 radical (unpaired) electrons. The third-order valence-electron chi connectivity index (χ3n) is 1.46. The number of nitrogens with two attached hydrogens (primary N) is 1. The standard InChI is InChI=1S/C7H7F2IN2/c1-3-2-4(11)12-7(10)5(3)6(8)9/h2,6H,1H3,(H2,11,12). The Balaban J connectivity index is 3.28. The molecule has 12 heavy (non-hydrogen) atoms. The second-order valence-electron chi connectivity index (χ2n) is 2.37. The lowest BCUT2D eigenvalue weighted by Gasteiger charge is -2.06. The van der Waals surface area contributed by atoms with Crippen LogP contribution in [0.4, 0.5) is 14.6 Å². The first-order valence-electron chi connectivity index (χ1n) is 3.23. The number of nitrogens with zero attached hydrogens (tertiary/aromatic N) is 1. The molecule has 0 aliphatic carbocycles. The van der Waals surface area contributed by atoms with Crippen molar-refractivity contribution < 1.29 is 8.78 Å². The van der Waals surface area contributed by atoms with Crippen molar-refractivity contribution in [3.63, 3.8) is 0 Å². The van der Waals surface area contributed by atoms with Crippen LogP contribution >= 0.6 is 22.6 Å². The molecule has 2 nitrogen and oxygen atoms in total. The molecule has 2 N–H and O–H groups in total. The second kappa shape index (κ2) is 3.51. The van der Waals surface area contributed by atoms with Crippen molar-refractivity contribution in [3.8, 4) is 0 Å². The zero-order chi connectivity index (χ0) is 9.30. The Morgan fingerprint density at radius 1 is 1.58 bits per heavy atom. The zero-order valence-electron chi connectivity index (χ0n) is 6.31. The fourth-order valence-corrected chi connectivity index (χ4v) is 1.87. The van der Waals surface area contributed by atoms with Gasteiger partial charge in [-0.1, -0.05) is 0 Å². The summed E-state index contributed by atoms with van der Waals surface area (Å²) in [5.74, 6) is 0.279. The first-order chi connectivity index (χ1) is 5.52. The lowest BCUT2D eigenvalue weighted by atomic mass is 10.2. The van der Waals surface area contributed by atoms with Crippen LogP contribution in [0.2, 0.25) is 0 Å². The van der Waals surface area contributed by atoms with E-state index < -0.39 is 6.43 Å². The van der Waals surface area contributed by atoms with Crippen molar-refractivity contribution in [2.75, 3.05) is 5.73 Å². The molecular formula is C7H7F2IN2. The van der Waals surface area contributed by atoms with E-state index in [1.165, 1.54) is 6.07 Å². The first-order valence-corrected chi connectivity index (χ1v) is 4.31. The average molecular weight is 284 g/mol.